The first kappa shape index (κ1) is 10.2. The largest absolute Gasteiger partial charge is 0.314 e. The van der Waals surface area contributed by atoms with Crippen molar-refractivity contribution in [3.8, 4) is 0 Å². The SMILES string of the molecule is Cn1nnc(CC(=O)CCNC2CC2)n1. The maximum Gasteiger partial charge on any atom is 0.182 e. The highest BCUT2D eigenvalue weighted by atomic mass is 16.1. The molecule has 0 unspecified atom stereocenters. The summed E-state index contributed by atoms with van der Waals surface area (Å²) in [5.41, 5.74) is 0. The van der Waals surface area contributed by atoms with Gasteiger partial charge in [-0.3, -0.25) is 4.79 Å². The van der Waals surface area contributed by atoms with Gasteiger partial charge in [0, 0.05) is 19.0 Å². The first-order chi connectivity index (χ1) is 7.24. The van der Waals surface area contributed by atoms with Crippen LogP contribution >= 0.6 is 0 Å². The van der Waals surface area contributed by atoms with E-state index in [0.29, 0.717) is 24.7 Å². The summed E-state index contributed by atoms with van der Waals surface area (Å²) in [6.45, 7) is 0.768. The predicted octanol–water partition coefficient (Wildman–Crippen LogP) is -0.536. The summed E-state index contributed by atoms with van der Waals surface area (Å²) in [4.78, 5) is 12.8. The molecule has 1 heterocycles. The van der Waals surface area contributed by atoms with Crippen LogP contribution in [0.1, 0.15) is 25.1 Å². The number of Topliss-reactive ketones (excluding diaryl/α,β-unsaturated/α-hetero) is 1. The number of nitrogens with one attached hydrogen (secondary N) is 1. The van der Waals surface area contributed by atoms with E-state index >= 15 is 0 Å². The summed E-state index contributed by atoms with van der Waals surface area (Å²) < 4.78 is 0. The molecule has 15 heavy (non-hydrogen) atoms. The number of hydrogen-bond acceptors (Lipinski definition) is 5. The Hall–Kier alpha value is -1.30. The van der Waals surface area contributed by atoms with Crippen molar-refractivity contribution >= 4 is 5.78 Å². The zero-order valence-corrected chi connectivity index (χ0v) is 8.81. The minimum absolute atomic E-state index is 0.163. The number of nitrogens with zero attached hydrogens (tertiary/aromatic N) is 4. The third kappa shape index (κ3) is 3.39. The minimum atomic E-state index is 0.163. The van der Waals surface area contributed by atoms with Crippen LogP contribution in [0.5, 0.6) is 0 Å². The van der Waals surface area contributed by atoms with Gasteiger partial charge in [-0.2, -0.15) is 4.80 Å². The van der Waals surface area contributed by atoms with E-state index in [1.807, 2.05) is 0 Å². The number of aromatic nitrogens is 4. The Morgan fingerprint density at radius 1 is 1.60 bits per heavy atom. The van der Waals surface area contributed by atoms with Gasteiger partial charge in [-0.1, -0.05) is 0 Å². The molecule has 1 aromatic rings. The van der Waals surface area contributed by atoms with E-state index in [1.54, 1.807) is 7.05 Å². The number of carbonyl (C=O) groups excluding carboxylic acids is 1. The van der Waals surface area contributed by atoms with Gasteiger partial charge in [-0.25, -0.2) is 0 Å². The minimum Gasteiger partial charge on any atom is -0.314 e. The van der Waals surface area contributed by atoms with Crippen LogP contribution in [0.2, 0.25) is 0 Å². The van der Waals surface area contributed by atoms with Gasteiger partial charge >= 0.3 is 0 Å². The van der Waals surface area contributed by atoms with Gasteiger partial charge in [0.05, 0.1) is 13.5 Å². The molecule has 82 valence electrons. The molecule has 0 saturated heterocycles. The Morgan fingerprint density at radius 3 is 3.00 bits per heavy atom. The average molecular weight is 209 g/mol. The summed E-state index contributed by atoms with van der Waals surface area (Å²) in [6, 6.07) is 0.660. The highest BCUT2D eigenvalue weighted by Crippen LogP contribution is 2.18. The Balaban J connectivity index is 1.67. The van der Waals surface area contributed by atoms with Crippen LogP contribution < -0.4 is 5.32 Å². The molecule has 0 amide bonds. The van der Waals surface area contributed by atoms with Gasteiger partial charge in [0.2, 0.25) is 0 Å². The molecule has 6 heteroatoms. The normalized spacial score (nSPS) is 15.5. The lowest BCUT2D eigenvalue weighted by molar-refractivity contribution is -0.118. The third-order valence-corrected chi connectivity index (χ3v) is 2.32. The molecule has 1 aliphatic carbocycles. The van der Waals surface area contributed by atoms with Crippen LogP contribution in [0, 0.1) is 0 Å². The Labute approximate surface area is 88.0 Å². The van der Waals surface area contributed by atoms with Crippen LogP contribution in [0.3, 0.4) is 0 Å². The van der Waals surface area contributed by atoms with Crippen LogP contribution in [-0.4, -0.2) is 38.6 Å². The summed E-state index contributed by atoms with van der Waals surface area (Å²) in [5, 5.41) is 14.7. The van der Waals surface area contributed by atoms with E-state index in [9.17, 15) is 4.79 Å². The fourth-order valence-electron chi connectivity index (χ4n) is 1.36. The van der Waals surface area contributed by atoms with Gasteiger partial charge in [-0.15, -0.1) is 10.2 Å². The van der Waals surface area contributed by atoms with Crippen LogP contribution in [-0.2, 0) is 18.3 Å². The van der Waals surface area contributed by atoms with E-state index < -0.39 is 0 Å². The molecule has 0 atom stereocenters. The highest BCUT2D eigenvalue weighted by Gasteiger charge is 2.20. The standard InChI is InChI=1S/C9H15N5O/c1-14-12-9(11-13-14)6-8(15)4-5-10-7-2-3-7/h7,10H,2-6H2,1H3. The lowest BCUT2D eigenvalue weighted by atomic mass is 10.2. The molecule has 0 aliphatic heterocycles. The number of hydrogen-bond donors (Lipinski definition) is 1. The second-order valence-corrected chi connectivity index (χ2v) is 3.89. The van der Waals surface area contributed by atoms with Gasteiger partial charge in [0.25, 0.3) is 0 Å². The molecule has 1 aromatic heterocycles. The van der Waals surface area contributed by atoms with Crippen molar-refractivity contribution in [2.75, 3.05) is 6.54 Å². The summed E-state index contributed by atoms with van der Waals surface area (Å²) in [5.74, 6) is 0.671. The number of aryl methyl sites for hydroxylation is 1. The van der Waals surface area contributed by atoms with Gasteiger partial charge in [0.1, 0.15) is 5.78 Å². The van der Waals surface area contributed by atoms with Crippen molar-refractivity contribution in [3.63, 3.8) is 0 Å². The number of tetrazole rings is 1. The molecule has 1 saturated carbocycles. The topological polar surface area (TPSA) is 72.7 Å². The fourth-order valence-corrected chi connectivity index (χ4v) is 1.36. The summed E-state index contributed by atoms with van der Waals surface area (Å²) >= 11 is 0. The summed E-state index contributed by atoms with van der Waals surface area (Å²) in [6.07, 6.45) is 3.34. The fraction of sp³-hybridized carbons (Fsp3) is 0.778. The molecule has 0 bridgehead atoms. The number of rotatable bonds is 6. The van der Waals surface area contributed by atoms with Crippen molar-refractivity contribution in [1.82, 2.24) is 25.5 Å². The van der Waals surface area contributed by atoms with Gasteiger partial charge in [-0.05, 0) is 18.1 Å². The van der Waals surface area contributed by atoms with E-state index in [-0.39, 0.29) is 5.78 Å². The van der Waals surface area contributed by atoms with E-state index in [2.05, 4.69) is 20.7 Å². The van der Waals surface area contributed by atoms with Crippen molar-refractivity contribution in [2.24, 2.45) is 7.05 Å². The highest BCUT2D eigenvalue weighted by molar-refractivity contribution is 5.80. The molecule has 0 aromatic carbocycles. The molecule has 0 spiro atoms. The van der Waals surface area contributed by atoms with Crippen molar-refractivity contribution < 1.29 is 4.79 Å². The van der Waals surface area contributed by atoms with E-state index in [1.165, 1.54) is 17.6 Å². The molecule has 2 rings (SSSR count). The third-order valence-electron chi connectivity index (χ3n) is 2.32. The molecule has 1 N–H and O–H groups in total. The van der Waals surface area contributed by atoms with Crippen LogP contribution in [0.4, 0.5) is 0 Å². The quantitative estimate of drug-likeness (QED) is 0.681. The van der Waals surface area contributed by atoms with E-state index in [0.717, 1.165) is 6.54 Å². The maximum atomic E-state index is 11.5. The zero-order valence-electron chi connectivity index (χ0n) is 8.81. The van der Waals surface area contributed by atoms with Gasteiger partial charge < -0.3 is 5.32 Å². The maximum absolute atomic E-state index is 11.5. The van der Waals surface area contributed by atoms with E-state index in [4.69, 9.17) is 0 Å². The molecular formula is C9H15N5O. The summed E-state index contributed by atoms with van der Waals surface area (Å²) in [7, 11) is 1.69. The van der Waals surface area contributed by atoms with Gasteiger partial charge in [0.15, 0.2) is 5.82 Å². The monoisotopic (exact) mass is 209 g/mol. The Bertz CT molecular complexity index is 344. The number of ketones is 1. The molecule has 0 radical (unpaired) electrons. The smallest absolute Gasteiger partial charge is 0.182 e. The van der Waals surface area contributed by atoms with Crippen LogP contribution in [0.15, 0.2) is 0 Å². The van der Waals surface area contributed by atoms with Crippen molar-refractivity contribution in [1.29, 1.82) is 0 Å². The number of carbonyl (C=O) groups is 1. The first-order valence-electron chi connectivity index (χ1n) is 5.22. The Morgan fingerprint density at radius 2 is 2.40 bits per heavy atom. The zero-order chi connectivity index (χ0) is 10.7. The second kappa shape index (κ2) is 4.48. The van der Waals surface area contributed by atoms with Crippen molar-refractivity contribution in [3.05, 3.63) is 5.82 Å². The lowest BCUT2D eigenvalue weighted by Crippen LogP contribution is -2.21. The molecule has 1 fully saturated rings. The molecular weight excluding hydrogens is 194 g/mol. The average Bonchev–Trinajstić information content (AvgIpc) is 2.91. The Kier molecular flexibility index (Phi) is 3.05. The molecule has 1 aliphatic rings. The predicted molar refractivity (Wildman–Crippen MR) is 53.2 cm³/mol. The first-order valence-corrected chi connectivity index (χ1v) is 5.22. The lowest BCUT2D eigenvalue weighted by Gasteiger charge is -1.99. The van der Waals surface area contributed by atoms with Crippen LogP contribution in [0.25, 0.3) is 0 Å². The van der Waals surface area contributed by atoms with Crippen molar-refractivity contribution in [2.45, 2.75) is 31.7 Å². The second-order valence-electron chi connectivity index (χ2n) is 3.89. The molecule has 6 nitrogen and oxygen atoms in total.